The van der Waals surface area contributed by atoms with Crippen LogP contribution >= 0.6 is 7.60 Å². The molecular formula is C17H32N3O8P. The summed E-state index contributed by atoms with van der Waals surface area (Å²) in [6, 6.07) is 0. The zero-order valence-electron chi connectivity index (χ0n) is 17.6. The first-order chi connectivity index (χ1) is 13.4. The highest BCUT2D eigenvalue weighted by atomic mass is 31.2. The van der Waals surface area contributed by atoms with Gasteiger partial charge < -0.3 is 34.4 Å². The first kappa shape index (κ1) is 25.4. The van der Waals surface area contributed by atoms with Gasteiger partial charge in [0.05, 0.1) is 13.2 Å². The van der Waals surface area contributed by atoms with E-state index in [0.29, 0.717) is 0 Å². The molecule has 2 amide bonds. The number of esters is 1. The monoisotopic (exact) mass is 437 g/mol. The van der Waals surface area contributed by atoms with Crippen LogP contribution in [-0.2, 0) is 27.9 Å². The molecule has 29 heavy (non-hydrogen) atoms. The molecule has 1 saturated heterocycles. The molecule has 1 aliphatic rings. The minimum absolute atomic E-state index is 0.0114. The van der Waals surface area contributed by atoms with Crippen molar-refractivity contribution in [1.82, 2.24) is 9.80 Å². The van der Waals surface area contributed by atoms with Gasteiger partial charge in [0.25, 0.3) is 0 Å². The highest BCUT2D eigenvalue weighted by molar-refractivity contribution is 7.54. The third-order valence-corrected chi connectivity index (χ3v) is 6.38. The predicted octanol–water partition coefficient (Wildman–Crippen LogP) is 1.32. The second-order valence-electron chi connectivity index (χ2n) is 7.47. The van der Waals surface area contributed by atoms with Crippen molar-refractivity contribution in [3.63, 3.8) is 0 Å². The lowest BCUT2D eigenvalue weighted by molar-refractivity contribution is -0.165. The summed E-state index contributed by atoms with van der Waals surface area (Å²) in [5.41, 5.74) is 5.20. The fourth-order valence-corrected chi connectivity index (χ4v) is 4.57. The first-order valence-electron chi connectivity index (χ1n) is 9.50. The maximum absolute atomic E-state index is 13.1. The van der Waals surface area contributed by atoms with Crippen molar-refractivity contribution in [3.05, 3.63) is 0 Å². The molecule has 0 radical (unpaired) electrons. The van der Waals surface area contributed by atoms with Gasteiger partial charge in [0.2, 0.25) is 5.91 Å². The molecule has 168 valence electrons. The Morgan fingerprint density at radius 2 is 1.48 bits per heavy atom. The van der Waals surface area contributed by atoms with Crippen LogP contribution in [0.5, 0.6) is 0 Å². The average molecular weight is 437 g/mol. The van der Waals surface area contributed by atoms with E-state index in [9.17, 15) is 18.9 Å². The maximum atomic E-state index is 13.1. The lowest BCUT2D eigenvalue weighted by atomic mass is 10.1. The van der Waals surface area contributed by atoms with Gasteiger partial charge in [0.1, 0.15) is 11.4 Å². The Balaban J connectivity index is 3.16. The molecule has 0 spiro atoms. The molecule has 12 heteroatoms. The normalized spacial score (nSPS) is 17.6. The van der Waals surface area contributed by atoms with Gasteiger partial charge in [-0.1, -0.05) is 0 Å². The van der Waals surface area contributed by atoms with Gasteiger partial charge in [-0.05, 0) is 34.6 Å². The number of hydrogen-bond acceptors (Lipinski definition) is 8. The van der Waals surface area contributed by atoms with Gasteiger partial charge in [0, 0.05) is 26.2 Å². The van der Waals surface area contributed by atoms with Crippen molar-refractivity contribution in [2.45, 2.75) is 46.0 Å². The molecule has 0 saturated carbocycles. The largest absolute Gasteiger partial charge is 0.465 e. The van der Waals surface area contributed by atoms with Crippen LogP contribution in [0, 0.1) is 5.92 Å². The zero-order chi connectivity index (χ0) is 22.4. The lowest BCUT2D eigenvalue weighted by Crippen LogP contribution is -2.55. The molecule has 0 bridgehead atoms. The van der Waals surface area contributed by atoms with E-state index in [1.807, 2.05) is 0 Å². The number of carbonyl (C=O) groups is 3. The topological polar surface area (TPSA) is 149 Å². The molecule has 1 heterocycles. The molecule has 0 aliphatic carbocycles. The van der Waals surface area contributed by atoms with E-state index in [2.05, 4.69) is 0 Å². The van der Waals surface area contributed by atoms with Crippen molar-refractivity contribution < 1.29 is 37.8 Å². The smallest absolute Gasteiger partial charge is 0.407 e. The SMILES string of the molecule is CCOP(=O)(OCC)C(N)C(C(=O)OC(C)(C)C)C(=O)N1CCN(C(=O)O)CC1. The zero-order valence-corrected chi connectivity index (χ0v) is 18.5. The second-order valence-corrected chi connectivity index (χ2v) is 9.66. The summed E-state index contributed by atoms with van der Waals surface area (Å²) in [7, 11) is -3.99. The van der Waals surface area contributed by atoms with Crippen LogP contribution in [0.15, 0.2) is 0 Å². The Hall–Kier alpha value is -1.68. The number of ether oxygens (including phenoxy) is 1. The lowest BCUT2D eigenvalue weighted by Gasteiger charge is -2.37. The molecule has 0 aromatic rings. The number of carbonyl (C=O) groups excluding carboxylic acids is 2. The van der Waals surface area contributed by atoms with E-state index in [0.717, 1.165) is 4.90 Å². The molecule has 1 aliphatic heterocycles. The molecule has 1 rings (SSSR count). The fourth-order valence-electron chi connectivity index (χ4n) is 2.82. The second kappa shape index (κ2) is 10.4. The number of nitrogens with zero attached hydrogens (tertiary/aromatic N) is 2. The van der Waals surface area contributed by atoms with Crippen LogP contribution in [0.3, 0.4) is 0 Å². The minimum Gasteiger partial charge on any atom is -0.465 e. The van der Waals surface area contributed by atoms with Crippen LogP contribution in [0.1, 0.15) is 34.6 Å². The highest BCUT2D eigenvalue weighted by Crippen LogP contribution is 2.53. The number of piperazine rings is 1. The van der Waals surface area contributed by atoms with Crippen molar-refractivity contribution in [3.8, 4) is 0 Å². The van der Waals surface area contributed by atoms with Gasteiger partial charge in [-0.2, -0.15) is 0 Å². The van der Waals surface area contributed by atoms with Gasteiger partial charge in [-0.3, -0.25) is 14.2 Å². The van der Waals surface area contributed by atoms with E-state index in [1.54, 1.807) is 34.6 Å². The van der Waals surface area contributed by atoms with E-state index in [-0.39, 0.29) is 39.4 Å². The number of carboxylic acid groups (broad SMARTS) is 1. The maximum Gasteiger partial charge on any atom is 0.407 e. The van der Waals surface area contributed by atoms with Gasteiger partial charge in [-0.15, -0.1) is 0 Å². The minimum atomic E-state index is -3.99. The van der Waals surface area contributed by atoms with Crippen molar-refractivity contribution in [2.24, 2.45) is 11.7 Å². The van der Waals surface area contributed by atoms with Crippen LogP contribution in [0.25, 0.3) is 0 Å². The van der Waals surface area contributed by atoms with E-state index >= 15 is 0 Å². The number of rotatable bonds is 8. The predicted molar refractivity (Wildman–Crippen MR) is 104 cm³/mol. The Kier molecular flexibility index (Phi) is 9.08. The quantitative estimate of drug-likeness (QED) is 0.326. The van der Waals surface area contributed by atoms with E-state index in [1.165, 1.54) is 4.90 Å². The number of nitrogens with two attached hydrogens (primary N) is 1. The molecule has 2 unspecified atom stereocenters. The summed E-state index contributed by atoms with van der Waals surface area (Å²) in [6.45, 7) is 8.43. The van der Waals surface area contributed by atoms with E-state index in [4.69, 9.17) is 24.6 Å². The Labute approximate surface area is 171 Å². The summed E-state index contributed by atoms with van der Waals surface area (Å²) < 4.78 is 28.9. The summed E-state index contributed by atoms with van der Waals surface area (Å²) in [6.07, 6.45) is -1.09. The van der Waals surface area contributed by atoms with Gasteiger partial charge in [0.15, 0.2) is 5.92 Å². The Morgan fingerprint density at radius 1 is 1.03 bits per heavy atom. The van der Waals surface area contributed by atoms with Crippen LogP contribution in [0.4, 0.5) is 4.79 Å². The number of amides is 2. The third kappa shape index (κ3) is 6.95. The first-order valence-corrected chi connectivity index (χ1v) is 11.1. The van der Waals surface area contributed by atoms with Crippen LogP contribution in [-0.4, -0.2) is 83.7 Å². The standard InChI is InChI=1S/C17H32N3O8P/c1-6-26-29(25,27-7-2)13(18)12(15(22)28-17(3,4)5)14(21)19-8-10-20(11-9-19)16(23)24/h12-13H,6-11,18H2,1-5H3,(H,23,24). The van der Waals surface area contributed by atoms with Crippen LogP contribution in [0.2, 0.25) is 0 Å². The van der Waals surface area contributed by atoms with E-state index < -0.39 is 42.9 Å². The Morgan fingerprint density at radius 3 is 1.86 bits per heavy atom. The highest BCUT2D eigenvalue weighted by Gasteiger charge is 2.49. The Bertz CT molecular complexity index is 633. The van der Waals surface area contributed by atoms with Crippen LogP contribution < -0.4 is 5.73 Å². The molecule has 1 fully saturated rings. The van der Waals surface area contributed by atoms with Gasteiger partial charge >= 0.3 is 19.7 Å². The average Bonchev–Trinajstić information content (AvgIpc) is 2.60. The van der Waals surface area contributed by atoms with Gasteiger partial charge in [-0.25, -0.2) is 4.79 Å². The fraction of sp³-hybridized carbons (Fsp3) is 0.824. The molecule has 0 aromatic heterocycles. The molecule has 0 aromatic carbocycles. The summed E-state index contributed by atoms with van der Waals surface area (Å²) in [5, 5.41) is 9.06. The molecular weight excluding hydrogens is 405 g/mol. The summed E-state index contributed by atoms with van der Waals surface area (Å²) in [4.78, 5) is 39.5. The summed E-state index contributed by atoms with van der Waals surface area (Å²) in [5.74, 6) is -4.82. The van der Waals surface area contributed by atoms with Crippen molar-refractivity contribution in [2.75, 3.05) is 39.4 Å². The molecule has 3 N–H and O–H groups in total. The molecule has 2 atom stereocenters. The van der Waals surface area contributed by atoms with Crippen molar-refractivity contribution in [1.29, 1.82) is 0 Å². The van der Waals surface area contributed by atoms with Crippen molar-refractivity contribution >= 4 is 25.6 Å². The third-order valence-electron chi connectivity index (χ3n) is 4.11. The molecule has 11 nitrogen and oxygen atoms in total. The summed E-state index contributed by atoms with van der Waals surface area (Å²) >= 11 is 0. The number of hydrogen-bond donors (Lipinski definition) is 2.